The number of rotatable bonds is 3. The van der Waals surface area contributed by atoms with Gasteiger partial charge in [0.2, 0.25) is 0 Å². The van der Waals surface area contributed by atoms with Gasteiger partial charge >= 0.3 is 0 Å². The van der Waals surface area contributed by atoms with Crippen molar-refractivity contribution in [1.82, 2.24) is 14.6 Å². The fourth-order valence-electron chi connectivity index (χ4n) is 1.90. The number of hydrogen-bond acceptors (Lipinski definition) is 4. The number of methoxy groups -OCH3 is 1. The third-order valence-electron chi connectivity index (χ3n) is 2.96. The van der Waals surface area contributed by atoms with Crippen LogP contribution in [-0.2, 0) is 0 Å². The molecule has 0 saturated heterocycles. The van der Waals surface area contributed by atoms with Crippen molar-refractivity contribution in [2.75, 3.05) is 12.4 Å². The second-order valence-electron chi connectivity index (χ2n) is 4.32. The fraction of sp³-hybridized carbons (Fsp3) is 0.0714. The summed E-state index contributed by atoms with van der Waals surface area (Å²) in [6, 6.07) is 8.80. The Bertz CT molecular complexity index is 816. The van der Waals surface area contributed by atoms with Crippen molar-refractivity contribution < 1.29 is 9.53 Å². The maximum atomic E-state index is 12.2. The van der Waals surface area contributed by atoms with Crippen LogP contribution in [0.4, 0.5) is 5.69 Å². The fourth-order valence-corrected chi connectivity index (χ4v) is 2.31. The van der Waals surface area contributed by atoms with Crippen LogP contribution in [0.5, 0.6) is 5.75 Å². The van der Waals surface area contributed by atoms with Crippen LogP contribution in [0.2, 0.25) is 0 Å². The van der Waals surface area contributed by atoms with Gasteiger partial charge in [0.05, 0.1) is 17.1 Å². The molecule has 1 amide bonds. The molecule has 2 aromatic heterocycles. The summed E-state index contributed by atoms with van der Waals surface area (Å²) < 4.78 is 7.72. The summed E-state index contributed by atoms with van der Waals surface area (Å²) in [5, 5.41) is 10.5. The summed E-state index contributed by atoms with van der Waals surface area (Å²) in [6.07, 6.45) is 3.23. The quantitative estimate of drug-likeness (QED) is 0.791. The van der Waals surface area contributed by atoms with Gasteiger partial charge < -0.3 is 10.1 Å². The third kappa shape index (κ3) is 2.73. The number of pyridine rings is 1. The standard InChI is InChI=1S/C14H11BrN4O2/c1-21-12-6-10(3-4-11(12)15)17-14(20)9-2-5-13-18-16-8-19(13)7-9/h2-8H,1H3,(H,17,20). The van der Waals surface area contributed by atoms with Crippen LogP contribution in [0.1, 0.15) is 10.4 Å². The smallest absolute Gasteiger partial charge is 0.257 e. The zero-order chi connectivity index (χ0) is 14.8. The molecule has 1 aromatic carbocycles. The minimum absolute atomic E-state index is 0.213. The zero-order valence-corrected chi connectivity index (χ0v) is 12.7. The predicted molar refractivity (Wildman–Crippen MR) is 81.6 cm³/mol. The summed E-state index contributed by atoms with van der Waals surface area (Å²) in [5.74, 6) is 0.442. The number of carbonyl (C=O) groups is 1. The van der Waals surface area contributed by atoms with E-state index in [1.165, 1.54) is 0 Å². The maximum absolute atomic E-state index is 12.2. The van der Waals surface area contributed by atoms with E-state index in [1.54, 1.807) is 48.3 Å². The number of amides is 1. The Hall–Kier alpha value is -2.41. The molecule has 0 fully saturated rings. The SMILES string of the molecule is COc1cc(NC(=O)c2ccc3nncn3c2)ccc1Br. The Labute approximate surface area is 128 Å². The molecule has 106 valence electrons. The molecular weight excluding hydrogens is 336 g/mol. The van der Waals surface area contributed by atoms with E-state index in [0.29, 0.717) is 22.6 Å². The number of carbonyl (C=O) groups excluding carboxylic acids is 1. The number of halogens is 1. The van der Waals surface area contributed by atoms with Gasteiger partial charge in [-0.2, -0.15) is 0 Å². The van der Waals surface area contributed by atoms with Crippen LogP contribution in [0.3, 0.4) is 0 Å². The normalized spacial score (nSPS) is 10.6. The first-order chi connectivity index (χ1) is 10.2. The molecule has 7 heteroatoms. The molecule has 0 aliphatic carbocycles. The lowest BCUT2D eigenvalue weighted by atomic mass is 10.2. The van der Waals surface area contributed by atoms with E-state index in [-0.39, 0.29) is 5.91 Å². The molecule has 3 rings (SSSR count). The van der Waals surface area contributed by atoms with E-state index in [4.69, 9.17) is 4.74 Å². The molecule has 2 heterocycles. The van der Waals surface area contributed by atoms with E-state index in [9.17, 15) is 4.79 Å². The number of benzene rings is 1. The molecule has 0 bridgehead atoms. The topological polar surface area (TPSA) is 68.5 Å². The number of nitrogens with zero attached hydrogens (tertiary/aromatic N) is 3. The highest BCUT2D eigenvalue weighted by molar-refractivity contribution is 9.10. The van der Waals surface area contributed by atoms with Crippen molar-refractivity contribution in [3.63, 3.8) is 0 Å². The first-order valence-corrected chi connectivity index (χ1v) is 6.91. The van der Waals surface area contributed by atoms with Crippen LogP contribution in [0.15, 0.2) is 47.3 Å². The Balaban J connectivity index is 1.85. The predicted octanol–water partition coefficient (Wildman–Crippen LogP) is 2.75. The second-order valence-corrected chi connectivity index (χ2v) is 5.17. The number of ether oxygens (including phenoxy) is 1. The molecule has 21 heavy (non-hydrogen) atoms. The Morgan fingerprint density at radius 3 is 3.00 bits per heavy atom. The van der Waals surface area contributed by atoms with Crippen LogP contribution in [-0.4, -0.2) is 27.6 Å². The number of hydrogen-bond donors (Lipinski definition) is 1. The molecule has 0 aliphatic rings. The van der Waals surface area contributed by atoms with Gasteiger partial charge in [-0.25, -0.2) is 0 Å². The average molecular weight is 347 g/mol. The molecule has 0 saturated carbocycles. The van der Waals surface area contributed by atoms with Crippen molar-refractivity contribution in [1.29, 1.82) is 0 Å². The number of anilines is 1. The average Bonchev–Trinajstić information content (AvgIpc) is 2.96. The van der Waals surface area contributed by atoms with Crippen molar-refractivity contribution in [2.45, 2.75) is 0 Å². The summed E-state index contributed by atoms with van der Waals surface area (Å²) in [4.78, 5) is 12.2. The molecule has 0 aliphatic heterocycles. The second kappa shape index (κ2) is 5.53. The van der Waals surface area contributed by atoms with Crippen molar-refractivity contribution in [3.8, 4) is 5.75 Å². The highest BCUT2D eigenvalue weighted by Crippen LogP contribution is 2.28. The summed E-state index contributed by atoms with van der Waals surface area (Å²) in [5.41, 5.74) is 1.87. The molecule has 6 nitrogen and oxygen atoms in total. The van der Waals surface area contributed by atoms with Crippen LogP contribution in [0.25, 0.3) is 5.65 Å². The van der Waals surface area contributed by atoms with Gasteiger partial charge in [-0.3, -0.25) is 9.20 Å². The van der Waals surface area contributed by atoms with Gasteiger partial charge in [-0.05, 0) is 40.2 Å². The number of nitrogens with one attached hydrogen (secondary N) is 1. The molecule has 1 N–H and O–H groups in total. The molecule has 0 radical (unpaired) electrons. The van der Waals surface area contributed by atoms with Crippen LogP contribution in [0, 0.1) is 0 Å². The minimum Gasteiger partial charge on any atom is -0.495 e. The molecule has 0 atom stereocenters. The summed E-state index contributed by atoms with van der Waals surface area (Å²) in [6.45, 7) is 0. The lowest BCUT2D eigenvalue weighted by Gasteiger charge is -2.08. The Morgan fingerprint density at radius 1 is 1.33 bits per heavy atom. The molecule has 0 spiro atoms. The molecule has 0 unspecified atom stereocenters. The maximum Gasteiger partial charge on any atom is 0.257 e. The van der Waals surface area contributed by atoms with Gasteiger partial charge in [-0.15, -0.1) is 10.2 Å². The Morgan fingerprint density at radius 2 is 2.19 bits per heavy atom. The highest BCUT2D eigenvalue weighted by atomic mass is 79.9. The van der Waals surface area contributed by atoms with Gasteiger partial charge in [0.15, 0.2) is 5.65 Å². The van der Waals surface area contributed by atoms with E-state index in [2.05, 4.69) is 31.4 Å². The van der Waals surface area contributed by atoms with E-state index in [0.717, 1.165) is 4.47 Å². The monoisotopic (exact) mass is 346 g/mol. The van der Waals surface area contributed by atoms with Gasteiger partial charge in [-0.1, -0.05) is 0 Å². The Kier molecular flexibility index (Phi) is 3.57. The largest absolute Gasteiger partial charge is 0.495 e. The highest BCUT2D eigenvalue weighted by Gasteiger charge is 2.09. The van der Waals surface area contributed by atoms with Gasteiger partial charge in [0, 0.05) is 18.0 Å². The summed E-state index contributed by atoms with van der Waals surface area (Å²) in [7, 11) is 1.58. The van der Waals surface area contributed by atoms with Gasteiger partial charge in [0.1, 0.15) is 12.1 Å². The van der Waals surface area contributed by atoms with Crippen LogP contribution >= 0.6 is 15.9 Å². The lowest BCUT2D eigenvalue weighted by Crippen LogP contribution is -2.12. The molecule has 3 aromatic rings. The van der Waals surface area contributed by atoms with Gasteiger partial charge in [0.25, 0.3) is 5.91 Å². The third-order valence-corrected chi connectivity index (χ3v) is 3.62. The van der Waals surface area contributed by atoms with Crippen LogP contribution < -0.4 is 10.1 Å². The van der Waals surface area contributed by atoms with E-state index < -0.39 is 0 Å². The first kappa shape index (κ1) is 13.6. The zero-order valence-electron chi connectivity index (χ0n) is 11.1. The lowest BCUT2D eigenvalue weighted by molar-refractivity contribution is 0.102. The number of aromatic nitrogens is 3. The van der Waals surface area contributed by atoms with E-state index >= 15 is 0 Å². The molecular formula is C14H11BrN4O2. The van der Waals surface area contributed by atoms with E-state index in [1.807, 2.05) is 6.07 Å². The van der Waals surface area contributed by atoms with Crippen molar-refractivity contribution in [3.05, 3.63) is 52.9 Å². The van der Waals surface area contributed by atoms with Crippen molar-refractivity contribution >= 4 is 33.2 Å². The number of fused-ring (bicyclic) bond motifs is 1. The first-order valence-electron chi connectivity index (χ1n) is 6.11. The van der Waals surface area contributed by atoms with Crippen molar-refractivity contribution in [2.24, 2.45) is 0 Å². The minimum atomic E-state index is -0.213. The summed E-state index contributed by atoms with van der Waals surface area (Å²) >= 11 is 3.37.